The van der Waals surface area contributed by atoms with Gasteiger partial charge in [-0.1, -0.05) is 19.1 Å². The van der Waals surface area contributed by atoms with Crippen LogP contribution in [0.25, 0.3) is 0 Å². The number of hydrogen-bond donors (Lipinski definition) is 3. The van der Waals surface area contributed by atoms with Crippen LogP contribution in [0.15, 0.2) is 30.3 Å². The first-order chi connectivity index (χ1) is 13.1. The Balaban J connectivity index is 1.51. The second-order valence-corrected chi connectivity index (χ2v) is 6.78. The van der Waals surface area contributed by atoms with Gasteiger partial charge in [0.15, 0.2) is 5.82 Å². The van der Waals surface area contributed by atoms with Crippen molar-refractivity contribution in [1.29, 1.82) is 0 Å². The van der Waals surface area contributed by atoms with Gasteiger partial charge in [0.2, 0.25) is 11.9 Å². The maximum atomic E-state index is 13.1. The topological polar surface area (TPSA) is 91.4 Å². The molecule has 8 heteroatoms. The zero-order chi connectivity index (χ0) is 18.8. The van der Waals surface area contributed by atoms with Gasteiger partial charge in [0, 0.05) is 24.1 Å². The van der Waals surface area contributed by atoms with Gasteiger partial charge in [-0.2, -0.15) is 20.1 Å². The fourth-order valence-electron chi connectivity index (χ4n) is 2.85. The van der Waals surface area contributed by atoms with E-state index >= 15 is 0 Å². The van der Waals surface area contributed by atoms with E-state index in [4.69, 9.17) is 0 Å². The van der Waals surface area contributed by atoms with Crippen LogP contribution in [0.2, 0.25) is 0 Å². The molecule has 1 saturated carbocycles. The highest BCUT2D eigenvalue weighted by Crippen LogP contribution is 2.39. The summed E-state index contributed by atoms with van der Waals surface area (Å²) in [5, 5.41) is 13.7. The van der Waals surface area contributed by atoms with Crippen molar-refractivity contribution >= 4 is 17.7 Å². The standard InChI is InChI=1S/C19H22FN7/c1-3-16-22-18(21-11(2)12-6-8-14(20)9-7-12)25-19(23-16)24-17-10-15(26-27-17)13-4-5-13/h6-11,13H,3-5H2,1-2H3,(H3,21,22,23,24,25,26,27)/t11-/m0/s1. The van der Waals surface area contributed by atoms with Gasteiger partial charge >= 0.3 is 0 Å². The van der Waals surface area contributed by atoms with Crippen LogP contribution in [0, 0.1) is 5.82 Å². The highest BCUT2D eigenvalue weighted by Gasteiger charge is 2.25. The van der Waals surface area contributed by atoms with Gasteiger partial charge < -0.3 is 10.6 Å². The number of halogens is 1. The van der Waals surface area contributed by atoms with E-state index in [9.17, 15) is 4.39 Å². The van der Waals surface area contributed by atoms with E-state index in [1.807, 2.05) is 19.9 Å². The molecule has 3 aromatic rings. The van der Waals surface area contributed by atoms with Gasteiger partial charge in [-0.05, 0) is 37.5 Å². The molecule has 4 rings (SSSR count). The van der Waals surface area contributed by atoms with Gasteiger partial charge in [0.25, 0.3) is 0 Å². The van der Waals surface area contributed by atoms with E-state index in [0.717, 1.165) is 11.3 Å². The molecule has 7 nitrogen and oxygen atoms in total. The second-order valence-electron chi connectivity index (χ2n) is 6.78. The Morgan fingerprint density at radius 1 is 1.15 bits per heavy atom. The average Bonchev–Trinajstić information content (AvgIpc) is 3.41. The first kappa shape index (κ1) is 17.4. The Morgan fingerprint density at radius 2 is 1.89 bits per heavy atom. The molecule has 1 aliphatic rings. The Kier molecular flexibility index (Phi) is 4.70. The molecule has 2 heterocycles. The molecular weight excluding hydrogens is 345 g/mol. The minimum Gasteiger partial charge on any atom is -0.348 e. The molecule has 140 valence electrons. The Bertz CT molecular complexity index is 918. The SMILES string of the molecule is CCc1nc(Nc2cc(C3CC3)[nH]n2)nc(N[C@@H](C)c2ccc(F)cc2)n1. The van der Waals surface area contributed by atoms with Crippen LogP contribution in [-0.4, -0.2) is 25.1 Å². The minimum atomic E-state index is -0.254. The van der Waals surface area contributed by atoms with E-state index in [1.165, 1.54) is 25.0 Å². The first-order valence-electron chi connectivity index (χ1n) is 9.20. The lowest BCUT2D eigenvalue weighted by molar-refractivity contribution is 0.626. The summed E-state index contributed by atoms with van der Waals surface area (Å²) in [4.78, 5) is 13.3. The van der Waals surface area contributed by atoms with Gasteiger partial charge in [-0.15, -0.1) is 0 Å². The van der Waals surface area contributed by atoms with Crippen molar-refractivity contribution in [3.05, 3.63) is 53.2 Å². The third-order valence-corrected chi connectivity index (χ3v) is 4.57. The lowest BCUT2D eigenvalue weighted by Gasteiger charge is -2.15. The quantitative estimate of drug-likeness (QED) is 0.583. The summed E-state index contributed by atoms with van der Waals surface area (Å²) in [7, 11) is 0. The van der Waals surface area contributed by atoms with E-state index in [-0.39, 0.29) is 11.9 Å². The van der Waals surface area contributed by atoms with E-state index < -0.39 is 0 Å². The molecule has 2 aromatic heterocycles. The number of aromatic nitrogens is 5. The molecule has 0 spiro atoms. The van der Waals surface area contributed by atoms with E-state index in [1.54, 1.807) is 12.1 Å². The molecule has 1 fully saturated rings. The molecule has 1 aromatic carbocycles. The predicted octanol–water partition coefficient (Wildman–Crippen LogP) is 4.09. The number of nitrogens with zero attached hydrogens (tertiary/aromatic N) is 4. The zero-order valence-electron chi connectivity index (χ0n) is 15.3. The molecule has 0 saturated heterocycles. The third-order valence-electron chi connectivity index (χ3n) is 4.57. The number of H-pyrrole nitrogens is 1. The Hall–Kier alpha value is -3.03. The number of aryl methyl sites for hydroxylation is 1. The summed E-state index contributed by atoms with van der Waals surface area (Å²) in [6.07, 6.45) is 3.11. The zero-order valence-corrected chi connectivity index (χ0v) is 15.3. The van der Waals surface area contributed by atoms with Crippen LogP contribution in [0.4, 0.5) is 22.1 Å². The summed E-state index contributed by atoms with van der Waals surface area (Å²) in [6.45, 7) is 3.97. The van der Waals surface area contributed by atoms with Gasteiger partial charge in [-0.3, -0.25) is 5.10 Å². The number of nitrogens with one attached hydrogen (secondary N) is 3. The van der Waals surface area contributed by atoms with Crippen molar-refractivity contribution in [1.82, 2.24) is 25.1 Å². The molecule has 0 radical (unpaired) electrons. The summed E-state index contributed by atoms with van der Waals surface area (Å²) in [6, 6.07) is 8.31. The van der Waals surface area contributed by atoms with Crippen molar-refractivity contribution in [3.8, 4) is 0 Å². The van der Waals surface area contributed by atoms with Crippen molar-refractivity contribution < 1.29 is 4.39 Å². The van der Waals surface area contributed by atoms with Gasteiger partial charge in [0.05, 0.1) is 6.04 Å². The molecule has 27 heavy (non-hydrogen) atoms. The highest BCUT2D eigenvalue weighted by atomic mass is 19.1. The summed E-state index contributed by atoms with van der Waals surface area (Å²) in [5.74, 6) is 2.65. The van der Waals surface area contributed by atoms with Crippen molar-refractivity contribution in [2.24, 2.45) is 0 Å². The highest BCUT2D eigenvalue weighted by molar-refractivity contribution is 5.50. The summed E-state index contributed by atoms with van der Waals surface area (Å²) in [5.41, 5.74) is 2.09. The number of aromatic amines is 1. The monoisotopic (exact) mass is 367 g/mol. The maximum Gasteiger partial charge on any atom is 0.233 e. The van der Waals surface area contributed by atoms with Crippen LogP contribution in [0.3, 0.4) is 0 Å². The summed E-state index contributed by atoms with van der Waals surface area (Å²) >= 11 is 0. The molecule has 0 aliphatic heterocycles. The number of rotatable bonds is 7. The maximum absolute atomic E-state index is 13.1. The number of benzene rings is 1. The normalized spacial score (nSPS) is 14.8. The second kappa shape index (κ2) is 7.30. The molecule has 1 atom stereocenters. The average molecular weight is 367 g/mol. The van der Waals surface area contributed by atoms with Crippen molar-refractivity contribution in [2.45, 2.75) is 45.1 Å². The van der Waals surface area contributed by atoms with E-state index in [2.05, 4.69) is 35.8 Å². The largest absolute Gasteiger partial charge is 0.348 e. The number of anilines is 3. The lowest BCUT2D eigenvalue weighted by Crippen LogP contribution is -2.13. The van der Waals surface area contributed by atoms with Crippen LogP contribution in [-0.2, 0) is 6.42 Å². The van der Waals surface area contributed by atoms with Crippen LogP contribution in [0.1, 0.15) is 55.7 Å². The Labute approximate surface area is 156 Å². The van der Waals surface area contributed by atoms with Crippen LogP contribution >= 0.6 is 0 Å². The van der Waals surface area contributed by atoms with Crippen LogP contribution < -0.4 is 10.6 Å². The molecule has 0 bridgehead atoms. The first-order valence-corrected chi connectivity index (χ1v) is 9.20. The third kappa shape index (κ3) is 4.21. The van der Waals surface area contributed by atoms with Gasteiger partial charge in [0.1, 0.15) is 11.6 Å². The fourth-order valence-corrected chi connectivity index (χ4v) is 2.85. The lowest BCUT2D eigenvalue weighted by atomic mass is 10.1. The van der Waals surface area contributed by atoms with E-state index in [0.29, 0.717) is 35.9 Å². The van der Waals surface area contributed by atoms with Crippen molar-refractivity contribution in [3.63, 3.8) is 0 Å². The number of hydrogen-bond acceptors (Lipinski definition) is 6. The molecular formula is C19H22FN7. The smallest absolute Gasteiger partial charge is 0.233 e. The summed E-state index contributed by atoms with van der Waals surface area (Å²) < 4.78 is 13.1. The Morgan fingerprint density at radius 3 is 2.59 bits per heavy atom. The van der Waals surface area contributed by atoms with Crippen molar-refractivity contribution in [2.75, 3.05) is 10.6 Å². The molecule has 3 N–H and O–H groups in total. The molecule has 0 amide bonds. The fraction of sp³-hybridized carbons (Fsp3) is 0.368. The van der Waals surface area contributed by atoms with Crippen LogP contribution in [0.5, 0.6) is 0 Å². The predicted molar refractivity (Wildman–Crippen MR) is 101 cm³/mol. The molecule has 1 aliphatic carbocycles. The minimum absolute atomic E-state index is 0.0718. The molecule has 0 unspecified atom stereocenters. The van der Waals surface area contributed by atoms with Gasteiger partial charge in [-0.25, -0.2) is 4.39 Å².